The highest BCUT2D eigenvalue weighted by molar-refractivity contribution is 6.02. The zero-order valence-corrected chi connectivity index (χ0v) is 12.5. The Balaban J connectivity index is 1.52. The van der Waals surface area contributed by atoms with Crippen molar-refractivity contribution in [3.8, 4) is 5.75 Å². The molecule has 1 N–H and O–H groups in total. The molecule has 23 heavy (non-hydrogen) atoms. The molecular formula is C15H15N5O3. The summed E-state index contributed by atoms with van der Waals surface area (Å²) < 4.78 is 12.4. The van der Waals surface area contributed by atoms with Gasteiger partial charge in [0.2, 0.25) is 11.8 Å². The molecule has 0 aromatic carbocycles. The van der Waals surface area contributed by atoms with Crippen molar-refractivity contribution in [3.63, 3.8) is 0 Å². The Morgan fingerprint density at radius 3 is 3.13 bits per heavy atom. The van der Waals surface area contributed by atoms with Crippen molar-refractivity contribution in [1.82, 2.24) is 25.1 Å². The normalized spacial score (nSPS) is 14.1. The van der Waals surface area contributed by atoms with Gasteiger partial charge in [-0.1, -0.05) is 0 Å². The van der Waals surface area contributed by atoms with E-state index in [9.17, 15) is 4.79 Å². The van der Waals surface area contributed by atoms with Crippen LogP contribution in [0.1, 0.15) is 40.9 Å². The first kappa shape index (κ1) is 13.7. The molecule has 1 aliphatic carbocycles. The van der Waals surface area contributed by atoms with E-state index in [4.69, 9.17) is 9.15 Å². The highest BCUT2D eigenvalue weighted by Crippen LogP contribution is 2.38. The minimum absolute atomic E-state index is 0.186. The number of ether oxygens (including phenoxy) is 1. The Kier molecular flexibility index (Phi) is 3.22. The van der Waals surface area contributed by atoms with Crippen molar-refractivity contribution in [3.05, 3.63) is 41.9 Å². The van der Waals surface area contributed by atoms with E-state index in [1.165, 1.54) is 6.20 Å². The number of hydrogen-bond acceptors (Lipinski definition) is 6. The third-order valence-corrected chi connectivity index (χ3v) is 3.78. The van der Waals surface area contributed by atoms with Crippen LogP contribution in [0.3, 0.4) is 0 Å². The number of pyridine rings is 1. The summed E-state index contributed by atoms with van der Waals surface area (Å²) in [5, 5.41) is 14.9. The SMILES string of the molecule is COc1cccn2ncc(C(=O)NCc3nnc(C4CC4)o3)c12. The number of methoxy groups -OCH3 is 1. The Hall–Kier alpha value is -2.90. The van der Waals surface area contributed by atoms with Crippen LogP contribution in [0.4, 0.5) is 0 Å². The first-order valence-corrected chi connectivity index (χ1v) is 7.37. The van der Waals surface area contributed by atoms with E-state index in [0.29, 0.717) is 34.5 Å². The first-order chi connectivity index (χ1) is 11.3. The third kappa shape index (κ3) is 2.52. The molecule has 1 saturated carbocycles. The van der Waals surface area contributed by atoms with E-state index >= 15 is 0 Å². The van der Waals surface area contributed by atoms with Crippen LogP contribution in [0.25, 0.3) is 5.52 Å². The summed E-state index contributed by atoms with van der Waals surface area (Å²) in [5.74, 6) is 1.78. The van der Waals surface area contributed by atoms with Crippen LogP contribution in [-0.4, -0.2) is 32.8 Å². The van der Waals surface area contributed by atoms with Gasteiger partial charge in [-0.2, -0.15) is 5.10 Å². The van der Waals surface area contributed by atoms with Crippen molar-refractivity contribution >= 4 is 11.4 Å². The van der Waals surface area contributed by atoms with E-state index in [0.717, 1.165) is 12.8 Å². The van der Waals surface area contributed by atoms with Crippen LogP contribution in [0, 0.1) is 0 Å². The maximum atomic E-state index is 12.4. The van der Waals surface area contributed by atoms with Crippen LogP contribution in [0.5, 0.6) is 5.75 Å². The fraction of sp³-hybridized carbons (Fsp3) is 0.333. The lowest BCUT2D eigenvalue weighted by atomic mass is 10.2. The number of nitrogens with zero attached hydrogens (tertiary/aromatic N) is 4. The van der Waals surface area contributed by atoms with Crippen LogP contribution in [-0.2, 0) is 6.54 Å². The molecule has 3 heterocycles. The molecule has 3 aromatic rings. The summed E-state index contributed by atoms with van der Waals surface area (Å²) in [6.07, 6.45) is 5.46. The minimum atomic E-state index is -0.268. The van der Waals surface area contributed by atoms with Crippen molar-refractivity contribution in [2.75, 3.05) is 7.11 Å². The molecule has 4 rings (SSSR count). The summed E-state index contributed by atoms with van der Waals surface area (Å²) >= 11 is 0. The van der Waals surface area contributed by atoms with Gasteiger partial charge in [-0.3, -0.25) is 4.79 Å². The molecule has 1 fully saturated rings. The van der Waals surface area contributed by atoms with Gasteiger partial charge >= 0.3 is 0 Å². The number of aromatic nitrogens is 4. The number of hydrogen-bond donors (Lipinski definition) is 1. The van der Waals surface area contributed by atoms with Gasteiger partial charge in [0.25, 0.3) is 5.91 Å². The lowest BCUT2D eigenvalue weighted by Gasteiger charge is -2.05. The second-order valence-electron chi connectivity index (χ2n) is 5.42. The van der Waals surface area contributed by atoms with Crippen LogP contribution < -0.4 is 10.1 Å². The van der Waals surface area contributed by atoms with E-state index in [1.807, 2.05) is 0 Å². The maximum absolute atomic E-state index is 12.4. The first-order valence-electron chi connectivity index (χ1n) is 7.37. The fourth-order valence-corrected chi connectivity index (χ4v) is 2.43. The van der Waals surface area contributed by atoms with Crippen LogP contribution >= 0.6 is 0 Å². The highest BCUT2D eigenvalue weighted by Gasteiger charge is 2.29. The van der Waals surface area contributed by atoms with Gasteiger partial charge < -0.3 is 14.5 Å². The Labute approximate surface area is 131 Å². The fourth-order valence-electron chi connectivity index (χ4n) is 2.43. The Morgan fingerprint density at radius 2 is 2.35 bits per heavy atom. The number of amides is 1. The summed E-state index contributed by atoms with van der Waals surface area (Å²) in [4.78, 5) is 12.4. The summed E-state index contributed by atoms with van der Waals surface area (Å²) in [6.45, 7) is 0.186. The van der Waals surface area contributed by atoms with E-state index < -0.39 is 0 Å². The molecule has 0 spiro atoms. The molecule has 1 amide bonds. The number of carbonyl (C=O) groups excluding carboxylic acids is 1. The second kappa shape index (κ2) is 5.38. The van der Waals surface area contributed by atoms with Crippen LogP contribution in [0.15, 0.2) is 28.9 Å². The van der Waals surface area contributed by atoms with Gasteiger partial charge in [0, 0.05) is 12.1 Å². The molecule has 0 atom stereocenters. The molecule has 0 unspecified atom stereocenters. The number of nitrogens with one attached hydrogen (secondary N) is 1. The molecule has 0 radical (unpaired) electrons. The van der Waals surface area contributed by atoms with Gasteiger partial charge in [0.1, 0.15) is 11.3 Å². The Bertz CT molecular complexity index is 865. The summed E-state index contributed by atoms with van der Waals surface area (Å²) in [6, 6.07) is 3.59. The molecule has 0 saturated heterocycles. The van der Waals surface area contributed by atoms with E-state index in [1.54, 1.807) is 30.0 Å². The molecule has 0 bridgehead atoms. The predicted molar refractivity (Wildman–Crippen MR) is 79.2 cm³/mol. The molecule has 8 heteroatoms. The van der Waals surface area contributed by atoms with Gasteiger partial charge in [-0.15, -0.1) is 10.2 Å². The van der Waals surface area contributed by atoms with Crippen molar-refractivity contribution in [2.45, 2.75) is 25.3 Å². The minimum Gasteiger partial charge on any atom is -0.494 e. The molecule has 8 nitrogen and oxygen atoms in total. The average molecular weight is 313 g/mol. The topological polar surface area (TPSA) is 94.6 Å². The molecular weight excluding hydrogens is 298 g/mol. The van der Waals surface area contributed by atoms with Crippen molar-refractivity contribution in [1.29, 1.82) is 0 Å². The zero-order chi connectivity index (χ0) is 15.8. The van der Waals surface area contributed by atoms with Gasteiger partial charge in [-0.05, 0) is 25.0 Å². The highest BCUT2D eigenvalue weighted by atomic mass is 16.5. The lowest BCUT2D eigenvalue weighted by Crippen LogP contribution is -2.22. The lowest BCUT2D eigenvalue weighted by molar-refractivity contribution is 0.0948. The molecule has 3 aromatic heterocycles. The Morgan fingerprint density at radius 1 is 1.48 bits per heavy atom. The molecule has 1 aliphatic rings. The van der Waals surface area contributed by atoms with E-state index in [-0.39, 0.29) is 12.5 Å². The zero-order valence-electron chi connectivity index (χ0n) is 12.5. The largest absolute Gasteiger partial charge is 0.494 e. The number of fused-ring (bicyclic) bond motifs is 1. The van der Waals surface area contributed by atoms with Crippen molar-refractivity contribution in [2.24, 2.45) is 0 Å². The quantitative estimate of drug-likeness (QED) is 0.767. The van der Waals surface area contributed by atoms with Crippen molar-refractivity contribution < 1.29 is 13.9 Å². The molecule has 0 aliphatic heterocycles. The second-order valence-corrected chi connectivity index (χ2v) is 5.42. The number of rotatable bonds is 5. The van der Waals surface area contributed by atoms with Crippen LogP contribution in [0.2, 0.25) is 0 Å². The summed E-state index contributed by atoms with van der Waals surface area (Å²) in [7, 11) is 1.56. The third-order valence-electron chi connectivity index (χ3n) is 3.78. The number of carbonyl (C=O) groups is 1. The van der Waals surface area contributed by atoms with Gasteiger partial charge in [-0.25, -0.2) is 4.52 Å². The molecule has 118 valence electrons. The maximum Gasteiger partial charge on any atom is 0.255 e. The summed E-state index contributed by atoms with van der Waals surface area (Å²) in [5.41, 5.74) is 1.06. The predicted octanol–water partition coefficient (Wildman–Crippen LogP) is 1.53. The van der Waals surface area contributed by atoms with Gasteiger partial charge in [0.05, 0.1) is 25.4 Å². The average Bonchev–Trinajstić information content (AvgIpc) is 3.16. The monoisotopic (exact) mass is 313 g/mol. The standard InChI is InChI=1S/C15H15N5O3/c1-22-11-3-2-6-20-13(11)10(7-17-20)14(21)16-8-12-18-19-15(23-12)9-4-5-9/h2-3,6-7,9H,4-5,8H2,1H3,(H,16,21). The van der Waals surface area contributed by atoms with E-state index in [2.05, 4.69) is 20.6 Å². The smallest absolute Gasteiger partial charge is 0.255 e. The van der Waals surface area contributed by atoms with Gasteiger partial charge in [0.15, 0.2) is 0 Å².